The first-order valence-corrected chi connectivity index (χ1v) is 11.1. The van der Waals surface area contributed by atoms with Crippen LogP contribution in [0, 0.1) is 0 Å². The molecule has 2 heterocycles. The van der Waals surface area contributed by atoms with E-state index in [4.69, 9.17) is 4.74 Å². The van der Waals surface area contributed by atoms with Crippen molar-refractivity contribution in [3.8, 4) is 5.75 Å². The van der Waals surface area contributed by atoms with Crippen LogP contribution >= 0.6 is 0 Å². The quantitative estimate of drug-likeness (QED) is 0.567. The molecule has 2 aliphatic rings. The summed E-state index contributed by atoms with van der Waals surface area (Å²) in [4.78, 5) is 31.9. The van der Waals surface area contributed by atoms with E-state index in [1.54, 1.807) is 48.5 Å². The van der Waals surface area contributed by atoms with Crippen LogP contribution in [-0.2, 0) is 14.6 Å². The van der Waals surface area contributed by atoms with Crippen LogP contribution < -0.4 is 9.64 Å². The molecule has 2 amide bonds. The van der Waals surface area contributed by atoms with Gasteiger partial charge < -0.3 is 4.74 Å². The van der Waals surface area contributed by atoms with Gasteiger partial charge in [-0.3, -0.25) is 14.6 Å². The number of hydrogen-bond donors (Lipinski definition) is 0. The van der Waals surface area contributed by atoms with Gasteiger partial charge in [0, 0.05) is 17.8 Å². The molecule has 1 saturated heterocycles. The van der Waals surface area contributed by atoms with Gasteiger partial charge in [-0.15, -0.1) is 0 Å². The molecule has 4 rings (SSSR count). The van der Waals surface area contributed by atoms with E-state index >= 15 is 0 Å². The summed E-state index contributed by atoms with van der Waals surface area (Å²) in [6.45, 7) is 0. The van der Waals surface area contributed by atoms with Crippen molar-refractivity contribution in [3.05, 3.63) is 59.7 Å². The summed E-state index contributed by atoms with van der Waals surface area (Å²) in [6, 6.07) is 13.3. The van der Waals surface area contributed by atoms with Gasteiger partial charge in [-0.25, -0.2) is 13.3 Å². The first-order valence-electron chi connectivity index (χ1n) is 9.24. The molecule has 0 spiro atoms. The normalized spacial score (nSPS) is 23.4. The Labute approximate surface area is 168 Å². The first-order chi connectivity index (χ1) is 13.9. The predicted octanol–water partition coefficient (Wildman–Crippen LogP) is 2.22. The van der Waals surface area contributed by atoms with Crippen LogP contribution in [0.1, 0.15) is 28.3 Å². The van der Waals surface area contributed by atoms with E-state index in [1.165, 1.54) is 13.3 Å². The molecular formula is C21H20N2O5S. The van der Waals surface area contributed by atoms with E-state index in [0.29, 0.717) is 29.0 Å². The number of imide groups is 1. The fourth-order valence-electron chi connectivity index (χ4n) is 3.69. The lowest BCUT2D eigenvalue weighted by Gasteiger charge is -2.31. The van der Waals surface area contributed by atoms with E-state index in [2.05, 4.69) is 4.99 Å². The highest BCUT2D eigenvalue weighted by molar-refractivity contribution is 7.91. The molecule has 2 aromatic rings. The minimum Gasteiger partial charge on any atom is -0.497 e. The zero-order valence-electron chi connectivity index (χ0n) is 15.8. The molecule has 8 heteroatoms. The molecule has 2 atom stereocenters. The molecule has 0 aromatic heterocycles. The molecule has 2 aliphatic heterocycles. The van der Waals surface area contributed by atoms with Crippen LogP contribution in [0.4, 0.5) is 5.69 Å². The van der Waals surface area contributed by atoms with Gasteiger partial charge in [0.25, 0.3) is 5.91 Å². The topological polar surface area (TPSA) is 93.1 Å². The van der Waals surface area contributed by atoms with Crippen LogP contribution in [0.3, 0.4) is 0 Å². The molecule has 0 aliphatic carbocycles. The summed E-state index contributed by atoms with van der Waals surface area (Å²) in [6.07, 6.45) is 1.94. The maximum absolute atomic E-state index is 13.3. The molecule has 2 aromatic carbocycles. The molecule has 150 valence electrons. The number of aliphatic imine (C=N–C) groups is 1. The highest BCUT2D eigenvalue weighted by atomic mass is 32.2. The molecule has 0 radical (unpaired) electrons. The molecular weight excluding hydrogens is 392 g/mol. The highest BCUT2D eigenvalue weighted by Crippen LogP contribution is 2.33. The van der Waals surface area contributed by atoms with Crippen LogP contribution in [0.2, 0.25) is 0 Å². The summed E-state index contributed by atoms with van der Waals surface area (Å²) in [5, 5.41) is 0. The zero-order chi connectivity index (χ0) is 20.6. The van der Waals surface area contributed by atoms with Crippen LogP contribution in [0.15, 0.2) is 53.5 Å². The molecule has 29 heavy (non-hydrogen) atoms. The molecule has 7 nitrogen and oxygen atoms in total. The number of amides is 2. The van der Waals surface area contributed by atoms with Gasteiger partial charge in [-0.2, -0.15) is 0 Å². The third-order valence-electron chi connectivity index (χ3n) is 5.18. The van der Waals surface area contributed by atoms with Crippen molar-refractivity contribution in [2.45, 2.75) is 18.4 Å². The summed E-state index contributed by atoms with van der Waals surface area (Å²) < 4.78 is 28.6. The Morgan fingerprint density at radius 2 is 1.93 bits per heavy atom. The van der Waals surface area contributed by atoms with E-state index in [-0.39, 0.29) is 17.5 Å². The second kappa shape index (κ2) is 7.44. The molecule has 0 unspecified atom stereocenters. The number of fused-ring (bicyclic) bond motifs is 1. The Kier molecular flexibility index (Phi) is 4.96. The number of rotatable bonds is 4. The fraction of sp³-hybridized carbons (Fsp3) is 0.286. The number of hydrogen-bond acceptors (Lipinski definition) is 6. The van der Waals surface area contributed by atoms with E-state index in [1.807, 2.05) is 0 Å². The molecule has 0 bridgehead atoms. The molecule has 1 fully saturated rings. The van der Waals surface area contributed by atoms with Gasteiger partial charge in [0.2, 0.25) is 5.91 Å². The smallest absolute Gasteiger partial charge is 0.265 e. The SMILES string of the molecule is COc1cccc(N2C(=O)c3ccccc3[C@@H](C=N[C@H]3CCS(=O)(=O)C3)C2=O)c1. The van der Waals surface area contributed by atoms with Gasteiger partial charge in [0.1, 0.15) is 5.75 Å². The van der Waals surface area contributed by atoms with Gasteiger partial charge >= 0.3 is 0 Å². The van der Waals surface area contributed by atoms with Crippen LogP contribution in [-0.4, -0.2) is 51.1 Å². The first kappa shape index (κ1) is 19.3. The number of anilines is 1. The van der Waals surface area contributed by atoms with Gasteiger partial charge in [-0.1, -0.05) is 24.3 Å². The number of ether oxygens (including phenoxy) is 1. The standard InChI is InChI=1S/C21H20N2O5S/c1-28-16-6-4-5-15(11-16)23-20(24)18-8-3-2-7-17(18)19(21(23)25)12-22-14-9-10-29(26,27)13-14/h2-8,11-12,14,19H,9-10,13H2,1H3/t14-,19+/m0/s1. The Hall–Kier alpha value is -3.00. The molecule has 0 saturated carbocycles. The Morgan fingerprint density at radius 1 is 1.14 bits per heavy atom. The second-order valence-electron chi connectivity index (χ2n) is 7.10. The third kappa shape index (κ3) is 3.67. The maximum Gasteiger partial charge on any atom is 0.265 e. The lowest BCUT2D eigenvalue weighted by molar-refractivity contribution is -0.118. The van der Waals surface area contributed by atoms with Crippen molar-refractivity contribution in [1.29, 1.82) is 0 Å². The van der Waals surface area contributed by atoms with E-state index in [0.717, 1.165) is 4.90 Å². The minimum absolute atomic E-state index is 0.00934. The Morgan fingerprint density at radius 3 is 2.66 bits per heavy atom. The monoisotopic (exact) mass is 412 g/mol. The highest BCUT2D eigenvalue weighted by Gasteiger charge is 2.39. The van der Waals surface area contributed by atoms with Crippen molar-refractivity contribution in [3.63, 3.8) is 0 Å². The van der Waals surface area contributed by atoms with E-state index < -0.39 is 27.6 Å². The average Bonchev–Trinajstić information content (AvgIpc) is 3.07. The lowest BCUT2D eigenvalue weighted by atomic mass is 9.88. The van der Waals surface area contributed by atoms with E-state index in [9.17, 15) is 18.0 Å². The van der Waals surface area contributed by atoms with Crippen LogP contribution in [0.25, 0.3) is 0 Å². The fourth-order valence-corrected chi connectivity index (χ4v) is 5.33. The second-order valence-corrected chi connectivity index (χ2v) is 9.33. The summed E-state index contributed by atoms with van der Waals surface area (Å²) in [5.74, 6) is -0.969. The van der Waals surface area contributed by atoms with Gasteiger partial charge in [-0.05, 0) is 30.2 Å². The summed E-state index contributed by atoms with van der Waals surface area (Å²) >= 11 is 0. The number of carbonyl (C=O) groups excluding carboxylic acids is 2. The summed E-state index contributed by atoms with van der Waals surface area (Å²) in [7, 11) is -1.56. The van der Waals surface area contributed by atoms with Crippen molar-refractivity contribution >= 4 is 33.6 Å². The minimum atomic E-state index is -3.07. The third-order valence-corrected chi connectivity index (χ3v) is 6.93. The van der Waals surface area contributed by atoms with Gasteiger partial charge in [0.15, 0.2) is 9.84 Å². The number of benzene rings is 2. The maximum atomic E-state index is 13.3. The Bertz CT molecular complexity index is 1110. The number of carbonyl (C=O) groups is 2. The van der Waals surface area contributed by atoms with Gasteiger partial charge in [0.05, 0.1) is 36.3 Å². The van der Waals surface area contributed by atoms with Crippen molar-refractivity contribution in [1.82, 2.24) is 0 Å². The zero-order valence-corrected chi connectivity index (χ0v) is 16.6. The van der Waals surface area contributed by atoms with Crippen molar-refractivity contribution in [2.75, 3.05) is 23.5 Å². The number of sulfone groups is 1. The Balaban J connectivity index is 1.73. The van der Waals surface area contributed by atoms with Crippen molar-refractivity contribution in [2.24, 2.45) is 4.99 Å². The average molecular weight is 412 g/mol. The van der Waals surface area contributed by atoms with Crippen molar-refractivity contribution < 1.29 is 22.7 Å². The largest absolute Gasteiger partial charge is 0.497 e. The number of methoxy groups -OCH3 is 1. The van der Waals surface area contributed by atoms with Crippen LogP contribution in [0.5, 0.6) is 5.75 Å². The summed E-state index contributed by atoms with van der Waals surface area (Å²) in [5.41, 5.74) is 1.41. The lowest BCUT2D eigenvalue weighted by Crippen LogP contribution is -2.45. The number of nitrogens with zero attached hydrogens (tertiary/aromatic N) is 2. The molecule has 0 N–H and O–H groups in total. The predicted molar refractivity (Wildman–Crippen MR) is 110 cm³/mol.